The fraction of sp³-hybridized carbons (Fsp3) is 0.250. The molecule has 1 aromatic carbocycles. The molecule has 0 radical (unpaired) electrons. The summed E-state index contributed by atoms with van der Waals surface area (Å²) in [4.78, 5) is -0.0324. The highest BCUT2D eigenvalue weighted by Crippen LogP contribution is 2.17. The first-order chi connectivity index (χ1) is 5.96. The van der Waals surface area contributed by atoms with Gasteiger partial charge in [0, 0.05) is 18.4 Å². The van der Waals surface area contributed by atoms with Crippen molar-refractivity contribution in [3.8, 4) is 0 Å². The van der Waals surface area contributed by atoms with Crippen LogP contribution in [0.2, 0.25) is 0 Å². The minimum Gasteiger partial charge on any atom is -0.326 e. The van der Waals surface area contributed by atoms with E-state index in [9.17, 15) is 12.8 Å². The van der Waals surface area contributed by atoms with Crippen molar-refractivity contribution >= 4 is 22.2 Å². The van der Waals surface area contributed by atoms with Crippen LogP contribution in [0.15, 0.2) is 23.1 Å². The first-order valence-electron chi connectivity index (χ1n) is 3.64. The molecule has 0 heterocycles. The van der Waals surface area contributed by atoms with Crippen LogP contribution < -0.4 is 5.73 Å². The standard InChI is InChI=1S/C8H10FNO2S.ClH/c1-13(11,12)8-4-2-3-7(9)6(8)5-10;/h2-4H,5,10H2,1H3;1H. The molecule has 0 saturated carbocycles. The molecule has 0 unspecified atom stereocenters. The highest BCUT2D eigenvalue weighted by atomic mass is 35.5. The number of hydrogen-bond acceptors (Lipinski definition) is 3. The van der Waals surface area contributed by atoms with E-state index in [2.05, 4.69) is 0 Å². The lowest BCUT2D eigenvalue weighted by molar-refractivity contribution is 0.586. The van der Waals surface area contributed by atoms with Crippen molar-refractivity contribution in [2.45, 2.75) is 11.4 Å². The maximum atomic E-state index is 13.0. The summed E-state index contributed by atoms with van der Waals surface area (Å²) in [5, 5.41) is 0. The molecule has 0 spiro atoms. The van der Waals surface area contributed by atoms with E-state index < -0.39 is 15.7 Å². The largest absolute Gasteiger partial charge is 0.326 e. The number of nitrogens with two attached hydrogens (primary N) is 1. The third-order valence-corrected chi connectivity index (χ3v) is 2.86. The Labute approximate surface area is 88.4 Å². The van der Waals surface area contributed by atoms with Crippen molar-refractivity contribution in [2.24, 2.45) is 5.73 Å². The average molecular weight is 240 g/mol. The number of hydrogen-bond donors (Lipinski definition) is 1. The quantitative estimate of drug-likeness (QED) is 0.841. The fourth-order valence-electron chi connectivity index (χ4n) is 1.08. The van der Waals surface area contributed by atoms with Crippen LogP contribution in [0.5, 0.6) is 0 Å². The van der Waals surface area contributed by atoms with Gasteiger partial charge in [-0.2, -0.15) is 0 Å². The third kappa shape index (κ3) is 2.67. The molecule has 0 atom stereocenters. The van der Waals surface area contributed by atoms with E-state index in [4.69, 9.17) is 5.73 Å². The van der Waals surface area contributed by atoms with Crippen LogP contribution in [-0.4, -0.2) is 14.7 Å². The molecule has 14 heavy (non-hydrogen) atoms. The van der Waals surface area contributed by atoms with E-state index in [0.717, 1.165) is 6.26 Å². The SMILES string of the molecule is CS(=O)(=O)c1cccc(F)c1CN.Cl. The maximum Gasteiger partial charge on any atom is 0.175 e. The Morgan fingerprint density at radius 2 is 2.00 bits per heavy atom. The van der Waals surface area contributed by atoms with Gasteiger partial charge >= 0.3 is 0 Å². The van der Waals surface area contributed by atoms with Crippen LogP contribution >= 0.6 is 12.4 Å². The van der Waals surface area contributed by atoms with Gasteiger partial charge in [0.2, 0.25) is 0 Å². The van der Waals surface area contributed by atoms with E-state index in [1.54, 1.807) is 0 Å². The van der Waals surface area contributed by atoms with Gasteiger partial charge in [0.05, 0.1) is 4.90 Å². The highest BCUT2D eigenvalue weighted by Gasteiger charge is 2.14. The summed E-state index contributed by atoms with van der Waals surface area (Å²) in [6.07, 6.45) is 1.03. The zero-order chi connectivity index (χ0) is 10.1. The Morgan fingerprint density at radius 1 is 1.43 bits per heavy atom. The molecule has 0 aromatic heterocycles. The molecule has 80 valence electrons. The second-order valence-corrected chi connectivity index (χ2v) is 4.68. The normalized spacial score (nSPS) is 10.8. The molecule has 0 saturated heterocycles. The topological polar surface area (TPSA) is 60.2 Å². The van der Waals surface area contributed by atoms with E-state index in [-0.39, 0.29) is 29.4 Å². The maximum absolute atomic E-state index is 13.0. The van der Waals surface area contributed by atoms with Crippen molar-refractivity contribution in [2.75, 3.05) is 6.26 Å². The number of benzene rings is 1. The average Bonchev–Trinajstić information content (AvgIpc) is 2.02. The van der Waals surface area contributed by atoms with Crippen LogP contribution in [-0.2, 0) is 16.4 Å². The summed E-state index contributed by atoms with van der Waals surface area (Å²) < 4.78 is 35.3. The molecule has 6 heteroatoms. The summed E-state index contributed by atoms with van der Waals surface area (Å²) in [6.45, 7) is -0.116. The van der Waals surface area contributed by atoms with Gasteiger partial charge in [-0.05, 0) is 12.1 Å². The van der Waals surface area contributed by atoms with Crippen LogP contribution in [0.3, 0.4) is 0 Å². The van der Waals surface area contributed by atoms with E-state index >= 15 is 0 Å². The minimum absolute atomic E-state index is 0. The smallest absolute Gasteiger partial charge is 0.175 e. The van der Waals surface area contributed by atoms with Crippen LogP contribution in [0, 0.1) is 5.82 Å². The van der Waals surface area contributed by atoms with Crippen LogP contribution in [0.25, 0.3) is 0 Å². The lowest BCUT2D eigenvalue weighted by Gasteiger charge is -2.05. The summed E-state index contributed by atoms with van der Waals surface area (Å²) >= 11 is 0. The molecule has 1 aromatic rings. The van der Waals surface area contributed by atoms with Gasteiger partial charge in [0.1, 0.15) is 5.82 Å². The molecular weight excluding hydrogens is 229 g/mol. The second kappa shape index (κ2) is 4.72. The summed E-state index contributed by atoms with van der Waals surface area (Å²) in [5.74, 6) is -0.578. The monoisotopic (exact) mass is 239 g/mol. The van der Waals surface area contributed by atoms with Gasteiger partial charge in [-0.3, -0.25) is 0 Å². The second-order valence-electron chi connectivity index (χ2n) is 2.69. The van der Waals surface area contributed by atoms with Crippen molar-refractivity contribution in [1.82, 2.24) is 0 Å². The van der Waals surface area contributed by atoms with Crippen molar-refractivity contribution in [1.29, 1.82) is 0 Å². The third-order valence-electron chi connectivity index (χ3n) is 1.68. The summed E-state index contributed by atoms with van der Waals surface area (Å²) in [6, 6.07) is 3.89. The lowest BCUT2D eigenvalue weighted by atomic mass is 10.2. The Kier molecular flexibility index (Phi) is 4.51. The molecule has 0 aliphatic carbocycles. The van der Waals surface area contributed by atoms with E-state index in [0.29, 0.717) is 0 Å². The number of rotatable bonds is 2. The van der Waals surface area contributed by atoms with Gasteiger partial charge in [-0.1, -0.05) is 6.07 Å². The van der Waals surface area contributed by atoms with Gasteiger partial charge in [0.15, 0.2) is 9.84 Å². The first kappa shape index (κ1) is 13.4. The first-order valence-corrected chi connectivity index (χ1v) is 5.53. The van der Waals surface area contributed by atoms with Crippen LogP contribution in [0.4, 0.5) is 4.39 Å². The van der Waals surface area contributed by atoms with Crippen molar-refractivity contribution in [3.05, 3.63) is 29.6 Å². The zero-order valence-electron chi connectivity index (χ0n) is 7.53. The molecule has 2 N–H and O–H groups in total. The molecule has 3 nitrogen and oxygen atoms in total. The Balaban J connectivity index is 0.00000169. The Hall–Kier alpha value is -0.650. The molecule has 0 bridgehead atoms. The van der Waals surface area contributed by atoms with Gasteiger partial charge in [0.25, 0.3) is 0 Å². The molecule has 0 amide bonds. The van der Waals surface area contributed by atoms with Crippen LogP contribution in [0.1, 0.15) is 5.56 Å². The lowest BCUT2D eigenvalue weighted by Crippen LogP contribution is -2.08. The molecule has 1 rings (SSSR count). The van der Waals surface area contributed by atoms with Crippen molar-refractivity contribution in [3.63, 3.8) is 0 Å². The predicted octanol–water partition coefficient (Wildman–Crippen LogP) is 1.11. The molecular formula is C8H11ClFNO2S. The molecule has 0 fully saturated rings. The Morgan fingerprint density at radius 3 is 2.36 bits per heavy atom. The fourth-order valence-corrected chi connectivity index (χ4v) is 2.04. The van der Waals surface area contributed by atoms with Crippen molar-refractivity contribution < 1.29 is 12.8 Å². The zero-order valence-corrected chi connectivity index (χ0v) is 9.16. The number of halogens is 2. The van der Waals surface area contributed by atoms with Gasteiger partial charge in [-0.15, -0.1) is 12.4 Å². The summed E-state index contributed by atoms with van der Waals surface area (Å²) in [7, 11) is -3.39. The Bertz CT molecular complexity index is 419. The highest BCUT2D eigenvalue weighted by molar-refractivity contribution is 7.90. The minimum atomic E-state index is -3.39. The summed E-state index contributed by atoms with van der Waals surface area (Å²) in [5.41, 5.74) is 5.29. The number of sulfone groups is 1. The molecule has 0 aliphatic heterocycles. The molecule has 0 aliphatic rings. The van der Waals surface area contributed by atoms with E-state index in [1.165, 1.54) is 18.2 Å². The van der Waals surface area contributed by atoms with Gasteiger partial charge in [-0.25, -0.2) is 12.8 Å². The van der Waals surface area contributed by atoms with Gasteiger partial charge < -0.3 is 5.73 Å². The van der Waals surface area contributed by atoms with E-state index in [1.807, 2.05) is 0 Å². The predicted molar refractivity (Wildman–Crippen MR) is 54.6 cm³/mol.